The molecule has 0 fully saturated rings. The molecule has 9 nitrogen and oxygen atoms in total. The number of carbonyl (C=O) groups excluding carboxylic acids is 1. The zero-order chi connectivity index (χ0) is 18.9. The third-order valence-corrected chi connectivity index (χ3v) is 6.80. The van der Waals surface area contributed by atoms with Crippen molar-refractivity contribution in [2.75, 3.05) is 33.1 Å². The second-order valence-electron chi connectivity index (χ2n) is 5.78. The highest BCUT2D eigenvalue weighted by Crippen LogP contribution is 2.30. The van der Waals surface area contributed by atoms with Gasteiger partial charge in [-0.05, 0) is 12.1 Å². The van der Waals surface area contributed by atoms with Gasteiger partial charge in [0.15, 0.2) is 5.13 Å². The van der Waals surface area contributed by atoms with Crippen molar-refractivity contribution in [3.63, 3.8) is 0 Å². The number of rotatable bonds is 5. The van der Waals surface area contributed by atoms with E-state index in [0.717, 1.165) is 10.6 Å². The largest absolute Gasteiger partial charge is 0.480 e. The molecule has 3 heterocycles. The number of ether oxygens (including phenoxy) is 1. The molecule has 1 amide bonds. The Morgan fingerprint density at radius 2 is 2.19 bits per heavy atom. The van der Waals surface area contributed by atoms with Crippen LogP contribution in [0.4, 0.5) is 5.13 Å². The topological polar surface area (TPSA) is 105 Å². The molecule has 1 aliphatic heterocycles. The Balaban J connectivity index is 1.77. The molecular weight excluding hydrogens is 378 g/mol. The minimum absolute atomic E-state index is 0.231. The Labute approximate surface area is 155 Å². The Morgan fingerprint density at radius 3 is 2.88 bits per heavy atom. The average Bonchev–Trinajstić information content (AvgIpc) is 3.02. The molecule has 0 spiro atoms. The van der Waals surface area contributed by atoms with Crippen molar-refractivity contribution in [1.29, 1.82) is 0 Å². The molecular formula is C15H19N5O4S2. The first-order valence-corrected chi connectivity index (χ1v) is 10.0. The lowest BCUT2D eigenvalue weighted by atomic mass is 10.2. The van der Waals surface area contributed by atoms with Gasteiger partial charge in [-0.3, -0.25) is 10.1 Å². The zero-order valence-electron chi connectivity index (χ0n) is 14.6. The van der Waals surface area contributed by atoms with Crippen molar-refractivity contribution in [2.24, 2.45) is 0 Å². The van der Waals surface area contributed by atoms with Crippen molar-refractivity contribution in [2.45, 2.75) is 13.0 Å². The van der Waals surface area contributed by atoms with Crippen LogP contribution in [0.1, 0.15) is 20.9 Å². The van der Waals surface area contributed by atoms with Gasteiger partial charge < -0.3 is 4.74 Å². The van der Waals surface area contributed by atoms with E-state index in [1.165, 1.54) is 47.3 Å². The van der Waals surface area contributed by atoms with E-state index in [1.54, 1.807) is 12.1 Å². The number of amides is 1. The Kier molecular flexibility index (Phi) is 5.23. The number of hydrogen-bond acceptors (Lipinski definition) is 7. The maximum atomic E-state index is 12.4. The van der Waals surface area contributed by atoms with Crippen LogP contribution in [0.2, 0.25) is 0 Å². The predicted molar refractivity (Wildman–Crippen MR) is 97.6 cm³/mol. The molecule has 1 N–H and O–H groups in total. The van der Waals surface area contributed by atoms with Crippen molar-refractivity contribution in [1.82, 2.24) is 18.6 Å². The van der Waals surface area contributed by atoms with Gasteiger partial charge >= 0.3 is 0 Å². The summed E-state index contributed by atoms with van der Waals surface area (Å²) in [6.07, 6.45) is 2.04. The molecule has 0 aliphatic carbocycles. The Bertz CT molecular complexity index is 926. The summed E-state index contributed by atoms with van der Waals surface area (Å²) in [4.78, 5) is 21.7. The SMILES string of the molecule is COc1ncccc1C(=O)Nc1nc2c(s1)CN(S(=O)(=O)N(C)C)CC2. The van der Waals surface area contributed by atoms with E-state index in [0.29, 0.717) is 23.7 Å². The van der Waals surface area contributed by atoms with Gasteiger partial charge in [0.25, 0.3) is 16.1 Å². The van der Waals surface area contributed by atoms with E-state index in [4.69, 9.17) is 4.74 Å². The van der Waals surface area contributed by atoms with Crippen LogP contribution in [0.15, 0.2) is 18.3 Å². The van der Waals surface area contributed by atoms with Gasteiger partial charge in [-0.1, -0.05) is 0 Å². The summed E-state index contributed by atoms with van der Waals surface area (Å²) in [7, 11) is 0.979. The molecule has 1 aliphatic rings. The first kappa shape index (κ1) is 18.7. The van der Waals surface area contributed by atoms with Crippen LogP contribution in [0.3, 0.4) is 0 Å². The van der Waals surface area contributed by atoms with Crippen molar-refractivity contribution < 1.29 is 17.9 Å². The summed E-state index contributed by atoms with van der Waals surface area (Å²) in [6, 6.07) is 3.26. The number of nitrogens with zero attached hydrogens (tertiary/aromatic N) is 4. The smallest absolute Gasteiger partial charge is 0.281 e. The van der Waals surface area contributed by atoms with Crippen LogP contribution in [0.5, 0.6) is 5.88 Å². The predicted octanol–water partition coefficient (Wildman–Crippen LogP) is 0.963. The number of methoxy groups -OCH3 is 1. The lowest BCUT2D eigenvalue weighted by molar-refractivity contribution is 0.102. The fourth-order valence-electron chi connectivity index (χ4n) is 2.54. The molecule has 140 valence electrons. The summed E-state index contributed by atoms with van der Waals surface area (Å²) in [5.74, 6) is -0.145. The molecule has 0 saturated carbocycles. The second-order valence-corrected chi connectivity index (χ2v) is 9.00. The van der Waals surface area contributed by atoms with Gasteiger partial charge in [-0.2, -0.15) is 17.0 Å². The highest BCUT2D eigenvalue weighted by molar-refractivity contribution is 7.86. The van der Waals surface area contributed by atoms with Crippen LogP contribution in [-0.2, 0) is 23.2 Å². The molecule has 26 heavy (non-hydrogen) atoms. The third-order valence-electron chi connectivity index (χ3n) is 3.91. The summed E-state index contributed by atoms with van der Waals surface area (Å²) in [6.45, 7) is 0.612. The van der Waals surface area contributed by atoms with Crippen LogP contribution in [0.25, 0.3) is 0 Å². The normalized spacial score (nSPS) is 14.9. The lowest BCUT2D eigenvalue weighted by Gasteiger charge is -2.27. The van der Waals surface area contributed by atoms with Gasteiger partial charge in [0, 0.05) is 38.1 Å². The molecule has 0 unspecified atom stereocenters. The number of thiazole rings is 1. The lowest BCUT2D eigenvalue weighted by Crippen LogP contribution is -2.42. The third kappa shape index (κ3) is 3.56. The van der Waals surface area contributed by atoms with Gasteiger partial charge in [0.2, 0.25) is 5.88 Å². The fourth-order valence-corrected chi connectivity index (χ4v) is 4.72. The Hall–Kier alpha value is -2.08. The summed E-state index contributed by atoms with van der Waals surface area (Å²) >= 11 is 1.27. The minimum atomic E-state index is -3.48. The monoisotopic (exact) mass is 397 g/mol. The van der Waals surface area contributed by atoms with Crippen LogP contribution in [-0.4, -0.2) is 60.7 Å². The highest BCUT2D eigenvalue weighted by Gasteiger charge is 2.30. The molecule has 3 rings (SSSR count). The molecule has 0 atom stereocenters. The number of hydrogen-bond donors (Lipinski definition) is 1. The van der Waals surface area contributed by atoms with E-state index in [9.17, 15) is 13.2 Å². The maximum absolute atomic E-state index is 12.4. The van der Waals surface area contributed by atoms with Gasteiger partial charge in [-0.15, -0.1) is 11.3 Å². The Morgan fingerprint density at radius 1 is 1.42 bits per heavy atom. The number of carbonyl (C=O) groups is 1. The van der Waals surface area contributed by atoms with E-state index < -0.39 is 10.2 Å². The quantitative estimate of drug-likeness (QED) is 0.806. The molecule has 2 aromatic rings. The summed E-state index contributed by atoms with van der Waals surface area (Å²) < 4.78 is 32.3. The standard InChI is InChI=1S/C15H19N5O4S2/c1-19(2)26(22,23)20-8-6-11-12(9-20)25-15(17-11)18-13(21)10-5-4-7-16-14(10)24-3/h4-5,7H,6,8-9H2,1-3H3,(H,17,18,21). The van der Waals surface area contributed by atoms with Gasteiger partial charge in [0.1, 0.15) is 5.56 Å². The van der Waals surface area contributed by atoms with Crippen LogP contribution >= 0.6 is 11.3 Å². The minimum Gasteiger partial charge on any atom is -0.480 e. The number of pyridine rings is 1. The number of anilines is 1. The first-order chi connectivity index (χ1) is 12.3. The highest BCUT2D eigenvalue weighted by atomic mass is 32.2. The van der Waals surface area contributed by atoms with Crippen molar-refractivity contribution in [3.05, 3.63) is 34.5 Å². The zero-order valence-corrected chi connectivity index (χ0v) is 16.2. The molecule has 2 aromatic heterocycles. The molecule has 0 bridgehead atoms. The van der Waals surface area contributed by atoms with E-state index in [2.05, 4.69) is 15.3 Å². The second kappa shape index (κ2) is 7.27. The van der Waals surface area contributed by atoms with E-state index in [1.807, 2.05) is 0 Å². The number of nitrogens with one attached hydrogen (secondary N) is 1. The van der Waals surface area contributed by atoms with E-state index in [-0.39, 0.29) is 18.3 Å². The molecule has 11 heteroatoms. The van der Waals surface area contributed by atoms with Gasteiger partial charge in [-0.25, -0.2) is 9.97 Å². The van der Waals surface area contributed by atoms with Crippen molar-refractivity contribution >= 4 is 32.6 Å². The fraction of sp³-hybridized carbons (Fsp3) is 0.400. The number of aromatic nitrogens is 2. The van der Waals surface area contributed by atoms with Crippen molar-refractivity contribution in [3.8, 4) is 5.88 Å². The van der Waals surface area contributed by atoms with Crippen LogP contribution < -0.4 is 10.1 Å². The molecule has 0 aromatic carbocycles. The van der Waals surface area contributed by atoms with Gasteiger partial charge in [0.05, 0.1) is 19.3 Å². The maximum Gasteiger partial charge on any atom is 0.281 e. The van der Waals surface area contributed by atoms with E-state index >= 15 is 0 Å². The summed E-state index contributed by atoms with van der Waals surface area (Å²) in [5, 5.41) is 3.16. The first-order valence-electron chi connectivity index (χ1n) is 7.79. The average molecular weight is 397 g/mol. The summed E-state index contributed by atoms with van der Waals surface area (Å²) in [5.41, 5.74) is 1.12. The number of fused-ring (bicyclic) bond motifs is 1. The van der Waals surface area contributed by atoms with Crippen LogP contribution in [0, 0.1) is 0 Å². The molecule has 0 saturated heterocycles. The molecule has 0 radical (unpaired) electrons.